The van der Waals surface area contributed by atoms with Gasteiger partial charge in [-0.15, -0.1) is 0 Å². The number of halogens is 12. The summed E-state index contributed by atoms with van der Waals surface area (Å²) in [5.41, 5.74) is -24.8. The van der Waals surface area contributed by atoms with Gasteiger partial charge in [0.2, 0.25) is 10.8 Å². The smallest absolute Gasteiger partial charge is 0.411 e. The molecule has 4 heterocycles. The number of hydrogen-bond donors (Lipinski definition) is 2. The summed E-state index contributed by atoms with van der Waals surface area (Å²) < 4.78 is 192. The minimum Gasteiger partial charge on any atom is -0.478 e. The maximum atomic E-state index is 15.5. The number of fused-ring (bicyclic) bond motifs is 4. The highest BCUT2D eigenvalue weighted by Crippen LogP contribution is 2.59. The third kappa shape index (κ3) is 9.10. The van der Waals surface area contributed by atoms with Crippen LogP contribution in [0.3, 0.4) is 0 Å². The van der Waals surface area contributed by atoms with Gasteiger partial charge in [-0.2, -0.15) is 52.7 Å². The number of alkyl halides is 12. The lowest BCUT2D eigenvalue weighted by Crippen LogP contribution is -2.55. The normalized spacial score (nSPS) is 15.1. The molecule has 4 aliphatic rings. The maximum absolute atomic E-state index is 15.5. The Morgan fingerprint density at radius 2 is 0.527 bits per heavy atom. The van der Waals surface area contributed by atoms with Crippen molar-refractivity contribution in [2.75, 3.05) is 19.6 Å². The number of imide groups is 4. The topological polar surface area (TPSA) is 233 Å². The van der Waals surface area contributed by atoms with Gasteiger partial charge in [0.15, 0.2) is 0 Å². The van der Waals surface area contributed by atoms with E-state index in [0.29, 0.717) is 68.1 Å². The molecule has 17 nitrogen and oxygen atoms in total. The first-order chi connectivity index (χ1) is 43.6. The number of aromatic carboxylic acids is 2. The van der Waals surface area contributed by atoms with Crippen LogP contribution in [0.4, 0.5) is 75.4 Å². The summed E-state index contributed by atoms with van der Waals surface area (Å²) in [7, 11) is 0. The van der Waals surface area contributed by atoms with Crippen molar-refractivity contribution in [2.45, 2.75) is 35.5 Å². The third-order valence-electron chi connectivity index (χ3n) is 16.1. The molecule has 29 heteroatoms. The van der Waals surface area contributed by atoms with Crippen molar-refractivity contribution in [3.8, 4) is 11.5 Å². The molecule has 0 saturated heterocycles. The van der Waals surface area contributed by atoms with E-state index in [1.54, 1.807) is 0 Å². The predicted molar refractivity (Wildman–Crippen MR) is 296 cm³/mol. The number of nitrogens with zero attached hydrogens (tertiary/aromatic N) is 4. The lowest BCUT2D eigenvalue weighted by molar-refractivity contribution is -0.290. The molecule has 4 aliphatic heterocycles. The van der Waals surface area contributed by atoms with Gasteiger partial charge in [0.1, 0.15) is 11.5 Å². The Bertz CT molecular complexity index is 4390. The summed E-state index contributed by atoms with van der Waals surface area (Å²) in [6.07, 6.45) is -25.2. The number of carbonyl (C=O) groups is 10. The van der Waals surface area contributed by atoms with E-state index in [1.165, 1.54) is 0 Å². The van der Waals surface area contributed by atoms with Crippen LogP contribution in [0.15, 0.2) is 170 Å². The van der Waals surface area contributed by atoms with Crippen molar-refractivity contribution in [3.05, 3.63) is 248 Å². The van der Waals surface area contributed by atoms with Gasteiger partial charge in [0.05, 0.1) is 78.4 Å². The van der Waals surface area contributed by atoms with E-state index in [2.05, 4.69) is 0 Å². The van der Waals surface area contributed by atoms with Crippen LogP contribution in [0.1, 0.15) is 126 Å². The van der Waals surface area contributed by atoms with Crippen LogP contribution < -0.4 is 24.3 Å². The number of rotatable bonds is 12. The van der Waals surface area contributed by atoms with Gasteiger partial charge >= 0.3 is 36.6 Å². The number of amides is 8. The molecule has 0 bridgehead atoms. The number of carboxylic acid groups (broad SMARTS) is 2. The van der Waals surface area contributed by atoms with Crippen molar-refractivity contribution < 1.29 is 116 Å². The first kappa shape index (κ1) is 61.5. The summed E-state index contributed by atoms with van der Waals surface area (Å²) in [4.78, 5) is 134. The summed E-state index contributed by atoms with van der Waals surface area (Å²) in [6.45, 7) is 0. The van der Waals surface area contributed by atoms with E-state index >= 15 is 52.7 Å². The van der Waals surface area contributed by atoms with Crippen molar-refractivity contribution in [1.82, 2.24) is 0 Å². The highest BCUT2D eigenvalue weighted by molar-refractivity contribution is 6.37. The van der Waals surface area contributed by atoms with E-state index in [0.717, 1.165) is 97.1 Å². The van der Waals surface area contributed by atoms with Crippen LogP contribution in [0.2, 0.25) is 0 Å². The zero-order chi connectivity index (χ0) is 67.1. The number of carbonyl (C=O) groups excluding carboxylic acids is 8. The Morgan fingerprint density at radius 3 is 0.763 bits per heavy atom. The van der Waals surface area contributed by atoms with Gasteiger partial charge in [0.25, 0.3) is 47.3 Å². The van der Waals surface area contributed by atoms with Gasteiger partial charge in [-0.1, -0.05) is 36.4 Å². The lowest BCUT2D eigenvalue weighted by Gasteiger charge is -2.38. The first-order valence-corrected chi connectivity index (χ1v) is 26.6. The molecule has 0 atom stereocenters. The molecule has 0 aliphatic carbocycles. The van der Waals surface area contributed by atoms with Gasteiger partial charge in [-0.25, -0.2) is 29.2 Å². The maximum Gasteiger partial charge on any atom is 0.411 e. The van der Waals surface area contributed by atoms with E-state index in [9.17, 15) is 58.2 Å². The molecule has 0 radical (unpaired) electrons. The van der Waals surface area contributed by atoms with Gasteiger partial charge in [-0.3, -0.25) is 38.4 Å². The zero-order valence-electron chi connectivity index (χ0n) is 45.9. The first-order valence-electron chi connectivity index (χ1n) is 26.6. The van der Waals surface area contributed by atoms with Crippen LogP contribution >= 0.6 is 0 Å². The van der Waals surface area contributed by atoms with Crippen LogP contribution in [-0.2, 0) is 10.8 Å². The summed E-state index contributed by atoms with van der Waals surface area (Å²) in [5.74, 6) is -13.5. The molecule has 8 amide bonds. The van der Waals surface area contributed by atoms with Gasteiger partial charge in [0, 0.05) is 0 Å². The lowest BCUT2D eigenvalue weighted by atomic mass is 9.71. The number of anilines is 4. The van der Waals surface area contributed by atoms with E-state index in [-0.39, 0.29) is 58.5 Å². The molecule has 2 N–H and O–H groups in total. The molecule has 12 rings (SSSR count). The molecular weight excluding hydrogens is 1260 g/mol. The monoisotopic (exact) mass is 1290 g/mol. The van der Waals surface area contributed by atoms with E-state index in [1.807, 2.05) is 0 Å². The minimum atomic E-state index is -6.31. The molecule has 93 heavy (non-hydrogen) atoms. The number of ether oxygens (including phenoxy) is 1. The molecular formula is C64H30F12N4O13. The molecule has 0 aromatic heterocycles. The van der Waals surface area contributed by atoms with E-state index in [4.69, 9.17) is 4.74 Å². The molecule has 0 fully saturated rings. The second kappa shape index (κ2) is 20.9. The van der Waals surface area contributed by atoms with Crippen LogP contribution in [0.5, 0.6) is 11.5 Å². The Hall–Kier alpha value is -11.8. The quantitative estimate of drug-likeness (QED) is 0.0857. The van der Waals surface area contributed by atoms with Crippen LogP contribution in [0, 0.1) is 0 Å². The fourth-order valence-electron chi connectivity index (χ4n) is 11.8. The standard InChI is InChI=1S/C64H30F12N4O13/c65-61(66,67)59(62(68,69)70,33-9-21-43-47(27-33)55(87)79(51(43)83)37-5-1-3-29(23-37)57(89)90)31-7-19-41-45(25-31)53(85)77(49(41)81)35-11-15-39(16-12-35)93-40-17-13-36(14-18-40)78-50(82)42-20-8-32(26-46(42)54(78)86)60(63(71,72)73,64(74,75)76)34-10-22-44-48(28-34)56(88)80(52(44)84)38-6-2-4-30(24-38)58(91)92/h1-28H,(H,89,90)(H,91,92). The molecule has 0 spiro atoms. The number of benzene rings is 8. The number of hydrogen-bond acceptors (Lipinski definition) is 11. The fraction of sp³-hybridized carbons (Fsp3) is 0.0938. The summed E-state index contributed by atoms with van der Waals surface area (Å²) in [6, 6.07) is 21.9. The van der Waals surface area contributed by atoms with Gasteiger partial charge < -0.3 is 14.9 Å². The molecule has 8 aromatic carbocycles. The molecule has 0 saturated carbocycles. The average Bonchev–Trinajstić information content (AvgIpc) is 1.70. The highest BCUT2D eigenvalue weighted by Gasteiger charge is 2.74. The summed E-state index contributed by atoms with van der Waals surface area (Å²) >= 11 is 0. The molecule has 8 aromatic rings. The molecule has 0 unspecified atom stereocenters. The SMILES string of the molecule is O=C(O)c1cccc(N2C(=O)c3ccc(C(c4ccc5c(c4)C(=O)N(c4ccc(Oc6ccc(N7C(=O)c8ccc(C(c9ccc%10c(c9)C(=O)N(c9cccc(C(=O)O)c9)C%10=O)(C(F)(F)F)C(F)(F)F)cc8C7=O)cc6)cc4)C5=O)(C(F)(F)F)C(F)(F)F)cc3C2=O)c1. The second-order valence-electron chi connectivity index (χ2n) is 21.1. The zero-order valence-corrected chi connectivity index (χ0v) is 45.9. The summed E-state index contributed by atoms with van der Waals surface area (Å²) in [5, 5.41) is 18.8. The van der Waals surface area contributed by atoms with Gasteiger partial charge in [-0.05, 0) is 156 Å². The van der Waals surface area contributed by atoms with Crippen molar-refractivity contribution in [2.24, 2.45) is 0 Å². The second-order valence-corrected chi connectivity index (χ2v) is 21.1. The molecule has 468 valence electrons. The third-order valence-corrected chi connectivity index (χ3v) is 16.1. The van der Waals surface area contributed by atoms with Crippen molar-refractivity contribution in [1.29, 1.82) is 0 Å². The largest absolute Gasteiger partial charge is 0.478 e. The van der Waals surface area contributed by atoms with Crippen LogP contribution in [0.25, 0.3) is 0 Å². The highest BCUT2D eigenvalue weighted by atomic mass is 19.4. The van der Waals surface area contributed by atoms with Crippen molar-refractivity contribution in [3.63, 3.8) is 0 Å². The van der Waals surface area contributed by atoms with Crippen molar-refractivity contribution >= 4 is 81.9 Å². The Kier molecular flexibility index (Phi) is 13.8. The predicted octanol–water partition coefficient (Wildman–Crippen LogP) is 12.9. The Balaban J connectivity index is 0.777. The Morgan fingerprint density at radius 1 is 0.290 bits per heavy atom. The average molecular weight is 1290 g/mol. The van der Waals surface area contributed by atoms with E-state index < -0.39 is 173 Å². The fourth-order valence-corrected chi connectivity index (χ4v) is 11.8. The van der Waals surface area contributed by atoms with Crippen LogP contribution in [-0.4, -0.2) is 94.1 Å². The number of carboxylic acids is 2. The Labute approximate surface area is 510 Å². The minimum absolute atomic E-state index is 0.0785.